The maximum atomic E-state index is 12.0. The molecule has 0 aliphatic carbocycles. The lowest BCUT2D eigenvalue weighted by Gasteiger charge is -2.01. The van der Waals surface area contributed by atoms with Crippen LogP contribution in [0.25, 0.3) is 11.8 Å². The van der Waals surface area contributed by atoms with Gasteiger partial charge in [-0.15, -0.1) is 0 Å². The topological polar surface area (TPSA) is 44.8 Å². The molecule has 114 valence electrons. The highest BCUT2D eigenvalue weighted by molar-refractivity contribution is 6.30. The Labute approximate surface area is 137 Å². The van der Waals surface area contributed by atoms with Crippen LogP contribution in [0.2, 0.25) is 5.02 Å². The number of hydrogen-bond donors (Lipinski definition) is 0. The Bertz CT molecular complexity index is 850. The zero-order valence-corrected chi connectivity index (χ0v) is 12.7. The van der Waals surface area contributed by atoms with Crippen LogP contribution in [-0.4, -0.2) is 12.8 Å². The average molecular weight is 327 g/mol. The van der Waals surface area contributed by atoms with Crippen molar-refractivity contribution in [1.82, 2.24) is 0 Å². The SMILES string of the molecule is O=C1OC(c2ccc(Cl)cc2)=CC1=Cc1ccc2c(c1)OCO2. The van der Waals surface area contributed by atoms with Gasteiger partial charge in [0.25, 0.3) is 0 Å². The predicted octanol–water partition coefficient (Wildman–Crippen LogP) is 4.05. The van der Waals surface area contributed by atoms with Crippen molar-refractivity contribution in [3.63, 3.8) is 0 Å². The standard InChI is InChI=1S/C18H11ClO4/c19-14-4-2-12(3-5-14)16-9-13(18(20)23-16)7-11-1-6-15-17(8-11)22-10-21-15/h1-9H,10H2. The number of benzene rings is 2. The van der Waals surface area contributed by atoms with E-state index >= 15 is 0 Å². The van der Waals surface area contributed by atoms with Crippen LogP contribution in [0.5, 0.6) is 11.5 Å². The fourth-order valence-electron chi connectivity index (χ4n) is 2.43. The van der Waals surface area contributed by atoms with Crippen LogP contribution < -0.4 is 9.47 Å². The molecule has 0 atom stereocenters. The van der Waals surface area contributed by atoms with Crippen molar-refractivity contribution < 1.29 is 19.0 Å². The Morgan fingerprint density at radius 3 is 2.61 bits per heavy atom. The molecule has 2 heterocycles. The summed E-state index contributed by atoms with van der Waals surface area (Å²) in [5.41, 5.74) is 2.13. The van der Waals surface area contributed by atoms with Crippen molar-refractivity contribution in [3.8, 4) is 11.5 Å². The van der Waals surface area contributed by atoms with Gasteiger partial charge in [0.2, 0.25) is 6.79 Å². The first-order valence-electron chi connectivity index (χ1n) is 7.00. The van der Waals surface area contributed by atoms with E-state index in [4.69, 9.17) is 25.8 Å². The van der Waals surface area contributed by atoms with Gasteiger partial charge in [0.15, 0.2) is 11.5 Å². The highest BCUT2D eigenvalue weighted by Gasteiger charge is 2.22. The Balaban J connectivity index is 1.65. The van der Waals surface area contributed by atoms with E-state index in [0.29, 0.717) is 27.9 Å². The summed E-state index contributed by atoms with van der Waals surface area (Å²) in [5.74, 6) is 1.51. The smallest absolute Gasteiger partial charge is 0.343 e. The minimum Gasteiger partial charge on any atom is -0.454 e. The van der Waals surface area contributed by atoms with Gasteiger partial charge in [0.05, 0.1) is 5.57 Å². The van der Waals surface area contributed by atoms with Gasteiger partial charge in [-0.05, 0) is 54.1 Å². The van der Waals surface area contributed by atoms with E-state index in [2.05, 4.69) is 0 Å². The zero-order valence-electron chi connectivity index (χ0n) is 11.9. The van der Waals surface area contributed by atoms with Crippen LogP contribution in [0.4, 0.5) is 0 Å². The van der Waals surface area contributed by atoms with Crippen LogP contribution in [0, 0.1) is 0 Å². The summed E-state index contributed by atoms with van der Waals surface area (Å²) in [6, 6.07) is 12.6. The molecule has 2 aliphatic rings. The molecule has 2 aromatic carbocycles. The predicted molar refractivity (Wildman–Crippen MR) is 86.1 cm³/mol. The molecule has 0 N–H and O–H groups in total. The van der Waals surface area contributed by atoms with Crippen molar-refractivity contribution in [2.24, 2.45) is 0 Å². The molecule has 4 rings (SSSR count). The van der Waals surface area contributed by atoms with Gasteiger partial charge in [0, 0.05) is 10.6 Å². The molecule has 0 saturated carbocycles. The largest absolute Gasteiger partial charge is 0.454 e. The normalized spacial score (nSPS) is 17.3. The van der Waals surface area contributed by atoms with Crippen LogP contribution in [-0.2, 0) is 9.53 Å². The maximum Gasteiger partial charge on any atom is 0.343 e. The number of fused-ring (bicyclic) bond motifs is 1. The molecule has 0 aromatic heterocycles. The Kier molecular flexibility index (Phi) is 3.32. The molecule has 0 unspecified atom stereocenters. The lowest BCUT2D eigenvalue weighted by molar-refractivity contribution is -0.130. The highest BCUT2D eigenvalue weighted by Crippen LogP contribution is 2.34. The molecule has 0 saturated heterocycles. The maximum absolute atomic E-state index is 12.0. The van der Waals surface area contributed by atoms with Crippen LogP contribution in [0.15, 0.2) is 54.1 Å². The third-order valence-corrected chi connectivity index (χ3v) is 3.82. The summed E-state index contributed by atoms with van der Waals surface area (Å²) in [7, 11) is 0. The van der Waals surface area contributed by atoms with E-state index < -0.39 is 0 Å². The molecule has 0 bridgehead atoms. The highest BCUT2D eigenvalue weighted by atomic mass is 35.5. The summed E-state index contributed by atoms with van der Waals surface area (Å²) in [6.45, 7) is 0.220. The van der Waals surface area contributed by atoms with Crippen molar-refractivity contribution in [2.45, 2.75) is 0 Å². The molecule has 0 fully saturated rings. The first-order valence-corrected chi connectivity index (χ1v) is 7.38. The zero-order chi connectivity index (χ0) is 15.8. The number of rotatable bonds is 2. The van der Waals surface area contributed by atoms with E-state index in [1.807, 2.05) is 30.3 Å². The summed E-state index contributed by atoms with van der Waals surface area (Å²) in [6.07, 6.45) is 3.48. The lowest BCUT2D eigenvalue weighted by Crippen LogP contribution is -1.97. The van der Waals surface area contributed by atoms with Crippen LogP contribution in [0.1, 0.15) is 11.1 Å². The Hall–Kier alpha value is -2.72. The summed E-state index contributed by atoms with van der Waals surface area (Å²) >= 11 is 5.87. The molecule has 0 spiro atoms. The van der Waals surface area contributed by atoms with Crippen molar-refractivity contribution in [2.75, 3.05) is 6.79 Å². The number of carbonyl (C=O) groups is 1. The van der Waals surface area contributed by atoms with E-state index in [-0.39, 0.29) is 12.8 Å². The third kappa shape index (κ3) is 2.69. The summed E-state index contributed by atoms with van der Waals surface area (Å²) in [5, 5.41) is 0.634. The van der Waals surface area contributed by atoms with E-state index in [0.717, 1.165) is 11.1 Å². The fraction of sp³-hybridized carbons (Fsp3) is 0.0556. The van der Waals surface area contributed by atoms with Crippen LogP contribution >= 0.6 is 11.6 Å². The Morgan fingerprint density at radius 1 is 1.00 bits per heavy atom. The van der Waals surface area contributed by atoms with Gasteiger partial charge in [-0.2, -0.15) is 0 Å². The fourth-order valence-corrected chi connectivity index (χ4v) is 2.55. The van der Waals surface area contributed by atoms with Gasteiger partial charge >= 0.3 is 5.97 Å². The molecule has 0 amide bonds. The van der Waals surface area contributed by atoms with Gasteiger partial charge in [-0.3, -0.25) is 0 Å². The second kappa shape index (κ2) is 5.48. The molecular weight excluding hydrogens is 316 g/mol. The molecule has 5 heteroatoms. The van der Waals surface area contributed by atoms with Gasteiger partial charge in [-0.1, -0.05) is 17.7 Å². The van der Waals surface area contributed by atoms with E-state index in [1.165, 1.54) is 0 Å². The van der Waals surface area contributed by atoms with E-state index in [1.54, 1.807) is 24.3 Å². The van der Waals surface area contributed by atoms with Crippen LogP contribution in [0.3, 0.4) is 0 Å². The first-order chi connectivity index (χ1) is 11.2. The average Bonchev–Trinajstić information content (AvgIpc) is 3.15. The van der Waals surface area contributed by atoms with Crippen molar-refractivity contribution in [3.05, 3.63) is 70.3 Å². The summed E-state index contributed by atoms with van der Waals surface area (Å²) < 4.78 is 15.9. The quantitative estimate of drug-likeness (QED) is 0.617. The minimum absolute atomic E-state index is 0.220. The lowest BCUT2D eigenvalue weighted by atomic mass is 10.1. The van der Waals surface area contributed by atoms with Gasteiger partial charge in [0.1, 0.15) is 5.76 Å². The number of hydrogen-bond acceptors (Lipinski definition) is 4. The monoisotopic (exact) mass is 326 g/mol. The molecule has 0 radical (unpaired) electrons. The number of ether oxygens (including phenoxy) is 3. The van der Waals surface area contributed by atoms with Crippen molar-refractivity contribution >= 4 is 29.4 Å². The molecule has 23 heavy (non-hydrogen) atoms. The third-order valence-electron chi connectivity index (χ3n) is 3.57. The first kappa shape index (κ1) is 13.9. The molecule has 2 aliphatic heterocycles. The second-order valence-electron chi connectivity index (χ2n) is 5.12. The molecule has 2 aromatic rings. The number of esters is 1. The second-order valence-corrected chi connectivity index (χ2v) is 5.55. The van der Waals surface area contributed by atoms with Crippen molar-refractivity contribution in [1.29, 1.82) is 0 Å². The molecule has 4 nitrogen and oxygen atoms in total. The minimum atomic E-state index is -0.382. The summed E-state index contributed by atoms with van der Waals surface area (Å²) in [4.78, 5) is 12.0. The van der Waals surface area contributed by atoms with Gasteiger partial charge < -0.3 is 14.2 Å². The number of cyclic esters (lactones) is 1. The Morgan fingerprint density at radius 2 is 1.78 bits per heavy atom. The van der Waals surface area contributed by atoms with E-state index in [9.17, 15) is 4.79 Å². The number of halogens is 1. The number of carbonyl (C=O) groups excluding carboxylic acids is 1. The van der Waals surface area contributed by atoms with Gasteiger partial charge in [-0.25, -0.2) is 4.79 Å². The molecular formula is C18H11ClO4.